The maximum absolute atomic E-state index is 14.2. The maximum Gasteiger partial charge on any atom is 0.318 e. The number of ketones is 1. The van der Waals surface area contributed by atoms with E-state index in [1.54, 1.807) is 0 Å². The highest BCUT2D eigenvalue weighted by atomic mass is 16.7. The SMILES string of the molecule is CC1(C)COC2(OC1)[C@@H]1[C@H]3C[C@H]4[C@@H]1C(=O)[C@]15[C@H]4[C@H]3[C@]21[C@H]1C=C[C@@H]5C2C(=O)OC(=O)C21. The molecule has 8 aliphatic carbocycles. The van der Waals surface area contributed by atoms with Crippen molar-refractivity contribution in [2.75, 3.05) is 13.2 Å². The molecule has 0 amide bonds. The van der Waals surface area contributed by atoms with Gasteiger partial charge in [0.2, 0.25) is 0 Å². The lowest BCUT2D eigenvalue weighted by atomic mass is 9.25. The van der Waals surface area contributed by atoms with Gasteiger partial charge >= 0.3 is 11.9 Å². The van der Waals surface area contributed by atoms with E-state index in [0.29, 0.717) is 42.7 Å². The number of ether oxygens (including phenoxy) is 3. The van der Waals surface area contributed by atoms with Gasteiger partial charge in [0, 0.05) is 34.5 Å². The monoisotopic (exact) mass is 408 g/mol. The van der Waals surface area contributed by atoms with Crippen LogP contribution in [-0.2, 0) is 28.6 Å². The van der Waals surface area contributed by atoms with Crippen LogP contribution in [0.15, 0.2) is 12.2 Å². The molecule has 2 heterocycles. The van der Waals surface area contributed by atoms with Crippen molar-refractivity contribution >= 4 is 17.7 Å². The number of hydrogen-bond donors (Lipinski definition) is 0. The van der Waals surface area contributed by atoms with Crippen molar-refractivity contribution in [2.45, 2.75) is 26.1 Å². The number of carbonyl (C=O) groups excluding carboxylic acids is 3. The molecule has 6 nitrogen and oxygen atoms in total. The van der Waals surface area contributed by atoms with Crippen molar-refractivity contribution in [3.63, 3.8) is 0 Å². The minimum absolute atomic E-state index is 0.00686. The summed E-state index contributed by atoms with van der Waals surface area (Å²) in [5, 5.41) is 0. The fourth-order valence-electron chi connectivity index (χ4n) is 11.6. The third kappa shape index (κ3) is 1.06. The van der Waals surface area contributed by atoms with Crippen LogP contribution in [0.25, 0.3) is 0 Å². The van der Waals surface area contributed by atoms with Crippen LogP contribution in [-0.4, -0.2) is 36.7 Å². The number of carbonyl (C=O) groups is 3. The van der Waals surface area contributed by atoms with Crippen LogP contribution < -0.4 is 0 Å². The fraction of sp³-hybridized carbons (Fsp3) is 0.792. The number of fused-ring (bicyclic) bond motifs is 2. The summed E-state index contributed by atoms with van der Waals surface area (Å²) in [5.41, 5.74) is -1.17. The predicted octanol–water partition coefficient (Wildman–Crippen LogP) is 1.58. The Kier molecular flexibility index (Phi) is 2.15. The Bertz CT molecular complexity index is 1050. The Morgan fingerprint density at radius 3 is 2.23 bits per heavy atom. The van der Waals surface area contributed by atoms with Crippen molar-refractivity contribution in [2.24, 2.45) is 75.4 Å². The first-order chi connectivity index (χ1) is 14.3. The van der Waals surface area contributed by atoms with Gasteiger partial charge in [0.15, 0.2) is 5.79 Å². The molecule has 10 aliphatic rings. The van der Waals surface area contributed by atoms with Crippen LogP contribution in [0, 0.1) is 75.4 Å². The topological polar surface area (TPSA) is 78.9 Å². The summed E-state index contributed by atoms with van der Waals surface area (Å²) in [6, 6.07) is 0. The van der Waals surface area contributed by atoms with E-state index in [1.165, 1.54) is 0 Å². The molecule has 3 spiro atoms. The molecule has 0 aromatic rings. The van der Waals surface area contributed by atoms with Crippen molar-refractivity contribution in [3.05, 3.63) is 12.2 Å². The van der Waals surface area contributed by atoms with E-state index in [0.717, 1.165) is 6.42 Å². The number of esters is 2. The Morgan fingerprint density at radius 2 is 1.50 bits per heavy atom. The molecule has 0 aromatic heterocycles. The lowest BCUT2D eigenvalue weighted by molar-refractivity contribution is -0.429. The summed E-state index contributed by atoms with van der Waals surface area (Å²) in [6.07, 6.45) is 5.32. The van der Waals surface area contributed by atoms with Gasteiger partial charge in [0.05, 0.1) is 30.5 Å². The van der Waals surface area contributed by atoms with Crippen molar-refractivity contribution in [1.29, 1.82) is 0 Å². The minimum Gasteiger partial charge on any atom is -0.393 e. The third-order valence-corrected chi connectivity index (χ3v) is 11.5. The zero-order valence-corrected chi connectivity index (χ0v) is 17.0. The van der Waals surface area contributed by atoms with Crippen LogP contribution in [0.3, 0.4) is 0 Å². The van der Waals surface area contributed by atoms with Crippen LogP contribution in [0.1, 0.15) is 20.3 Å². The second-order valence-electron chi connectivity index (χ2n) is 12.4. The molecule has 0 radical (unpaired) electrons. The Balaban J connectivity index is 1.36. The zero-order valence-electron chi connectivity index (χ0n) is 17.0. The van der Waals surface area contributed by atoms with Crippen molar-refractivity contribution < 1.29 is 28.6 Å². The highest BCUT2D eigenvalue weighted by molar-refractivity contribution is 6.03. The number of rotatable bonds is 0. The van der Waals surface area contributed by atoms with Gasteiger partial charge < -0.3 is 14.2 Å². The molecular formula is C24H24O6. The van der Waals surface area contributed by atoms with Gasteiger partial charge in [-0.1, -0.05) is 26.0 Å². The van der Waals surface area contributed by atoms with E-state index in [1.807, 2.05) is 0 Å². The number of hydrogen-bond acceptors (Lipinski definition) is 6. The smallest absolute Gasteiger partial charge is 0.318 e. The van der Waals surface area contributed by atoms with E-state index in [2.05, 4.69) is 26.0 Å². The van der Waals surface area contributed by atoms with E-state index in [9.17, 15) is 14.4 Å². The predicted molar refractivity (Wildman–Crippen MR) is 98.0 cm³/mol. The Hall–Kier alpha value is -1.53. The molecule has 4 bridgehead atoms. The number of Topliss-reactive ketones (excluding diaryl/α,β-unsaturated/α-hetero) is 1. The maximum atomic E-state index is 14.2. The zero-order chi connectivity index (χ0) is 20.2. The summed E-state index contributed by atoms with van der Waals surface area (Å²) in [6.45, 7) is 5.52. The lowest BCUT2D eigenvalue weighted by Crippen LogP contribution is -2.84. The summed E-state index contributed by atoms with van der Waals surface area (Å²) < 4.78 is 18.8. The second kappa shape index (κ2) is 3.99. The van der Waals surface area contributed by atoms with Crippen LogP contribution in [0.5, 0.6) is 0 Å². The summed E-state index contributed by atoms with van der Waals surface area (Å²) in [4.78, 5) is 39.8. The third-order valence-electron chi connectivity index (χ3n) is 11.5. The number of allylic oxidation sites excluding steroid dienone is 2. The molecule has 6 saturated carbocycles. The van der Waals surface area contributed by atoms with Crippen LogP contribution in [0.4, 0.5) is 0 Å². The van der Waals surface area contributed by atoms with Crippen LogP contribution >= 0.6 is 0 Å². The largest absolute Gasteiger partial charge is 0.393 e. The van der Waals surface area contributed by atoms with E-state index in [4.69, 9.17) is 14.2 Å². The van der Waals surface area contributed by atoms with Crippen molar-refractivity contribution in [1.82, 2.24) is 0 Å². The molecule has 2 saturated heterocycles. The molecule has 6 heteroatoms. The van der Waals surface area contributed by atoms with E-state index >= 15 is 0 Å². The Morgan fingerprint density at radius 1 is 0.833 bits per heavy atom. The quantitative estimate of drug-likeness (QED) is 0.344. The summed E-state index contributed by atoms with van der Waals surface area (Å²) in [7, 11) is 0. The van der Waals surface area contributed by atoms with E-state index < -0.39 is 40.4 Å². The molecule has 8 fully saturated rings. The van der Waals surface area contributed by atoms with Gasteiger partial charge in [-0.25, -0.2) is 0 Å². The average Bonchev–Trinajstić information content (AvgIpc) is 3.34. The standard InChI is InChI=1S/C24H24O6/c1-21(2)6-28-24(29-7-21)15-9-5-8-12(15)18(25)22-10-3-4-11(23(22,24)17(9)16(8)22)14-13(10)19(26)30-20(14)27/h3-4,8-17H,5-7H2,1-2H3/t8-,9+,10+,11-,12-,13?,14?,15+,16+,17-,22-,23-/m0/s1. The first kappa shape index (κ1) is 16.2. The summed E-state index contributed by atoms with van der Waals surface area (Å²) >= 11 is 0. The van der Waals surface area contributed by atoms with Gasteiger partial charge in [0.25, 0.3) is 0 Å². The minimum atomic E-state index is -0.789. The Labute approximate surface area is 173 Å². The molecule has 10 rings (SSSR count). The summed E-state index contributed by atoms with van der Waals surface area (Å²) in [5.74, 6) is -1.00. The highest BCUT2D eigenvalue weighted by Gasteiger charge is 3.04. The molecule has 0 aromatic carbocycles. The van der Waals surface area contributed by atoms with Gasteiger partial charge in [-0.15, -0.1) is 0 Å². The molecule has 30 heavy (non-hydrogen) atoms. The first-order valence-corrected chi connectivity index (χ1v) is 11.6. The highest BCUT2D eigenvalue weighted by Crippen LogP contribution is 2.99. The van der Waals surface area contributed by atoms with E-state index in [-0.39, 0.29) is 29.1 Å². The average molecular weight is 408 g/mol. The van der Waals surface area contributed by atoms with Crippen LogP contribution in [0.2, 0.25) is 0 Å². The van der Waals surface area contributed by atoms with Gasteiger partial charge in [-0.05, 0) is 30.1 Å². The normalized spacial score (nSPS) is 64.8. The van der Waals surface area contributed by atoms with Gasteiger partial charge in [-0.2, -0.15) is 0 Å². The van der Waals surface area contributed by atoms with Gasteiger partial charge in [-0.3, -0.25) is 14.4 Å². The lowest BCUT2D eigenvalue weighted by Gasteiger charge is -2.78. The fourth-order valence-corrected chi connectivity index (χ4v) is 11.6. The number of cyclic esters (lactones) is 2. The molecule has 156 valence electrons. The molecule has 2 aliphatic heterocycles. The van der Waals surface area contributed by atoms with Gasteiger partial charge in [0.1, 0.15) is 5.78 Å². The molecular weight excluding hydrogens is 384 g/mol. The molecule has 0 N–H and O–H groups in total. The molecule has 12 atom stereocenters. The first-order valence-electron chi connectivity index (χ1n) is 11.6. The molecule has 2 unspecified atom stereocenters. The van der Waals surface area contributed by atoms with Crippen molar-refractivity contribution in [3.8, 4) is 0 Å². The second-order valence-corrected chi connectivity index (χ2v) is 12.4.